The van der Waals surface area contributed by atoms with E-state index in [1.165, 1.54) is 7.11 Å². The first-order valence-electron chi connectivity index (χ1n) is 6.60. The summed E-state index contributed by atoms with van der Waals surface area (Å²) in [5.41, 5.74) is 5.49. The number of rotatable bonds is 6. The molecule has 17 heavy (non-hydrogen) atoms. The third kappa shape index (κ3) is 3.42. The molecule has 2 N–H and O–H groups in total. The molecular weight excluding hydrogens is 216 g/mol. The number of methoxy groups -OCH3 is 1. The van der Waals surface area contributed by atoms with Crippen molar-refractivity contribution in [2.45, 2.75) is 44.6 Å². The molecule has 2 unspecified atom stereocenters. The summed E-state index contributed by atoms with van der Waals surface area (Å²) in [5, 5.41) is 0. The van der Waals surface area contributed by atoms with Gasteiger partial charge >= 0.3 is 5.97 Å². The number of carbonyl (C=O) groups is 1. The number of hydrogen-bond donors (Lipinski definition) is 1. The topological polar surface area (TPSA) is 55.6 Å². The number of hydrogen-bond acceptors (Lipinski definition) is 4. The molecule has 1 aliphatic rings. The molecule has 0 saturated heterocycles. The lowest BCUT2D eigenvalue weighted by atomic mass is 9.85. The molecule has 1 fully saturated rings. The molecular formula is C13H26N2O2. The summed E-state index contributed by atoms with van der Waals surface area (Å²) >= 11 is 0. The fourth-order valence-corrected chi connectivity index (χ4v) is 2.83. The van der Waals surface area contributed by atoms with Crippen LogP contribution in [0.1, 0.15) is 39.0 Å². The van der Waals surface area contributed by atoms with Gasteiger partial charge in [-0.15, -0.1) is 0 Å². The summed E-state index contributed by atoms with van der Waals surface area (Å²) in [6.07, 6.45) is 5.00. The van der Waals surface area contributed by atoms with Gasteiger partial charge in [0.25, 0.3) is 0 Å². The molecule has 1 saturated carbocycles. The average molecular weight is 242 g/mol. The summed E-state index contributed by atoms with van der Waals surface area (Å²) in [5.74, 6) is 0.0346. The molecule has 0 spiro atoms. The van der Waals surface area contributed by atoms with Crippen molar-refractivity contribution in [1.82, 2.24) is 4.90 Å². The second-order valence-electron chi connectivity index (χ2n) is 5.21. The Kier molecular flexibility index (Phi) is 5.40. The summed E-state index contributed by atoms with van der Waals surface area (Å²) in [4.78, 5) is 14.1. The molecule has 1 rings (SSSR count). The number of nitrogens with zero attached hydrogens (tertiary/aromatic N) is 1. The van der Waals surface area contributed by atoms with Crippen molar-refractivity contribution in [1.29, 1.82) is 0 Å². The van der Waals surface area contributed by atoms with Gasteiger partial charge in [-0.2, -0.15) is 0 Å². The first-order valence-corrected chi connectivity index (χ1v) is 6.60. The zero-order valence-electron chi connectivity index (χ0n) is 11.4. The highest BCUT2D eigenvalue weighted by molar-refractivity contribution is 5.81. The fourth-order valence-electron chi connectivity index (χ4n) is 2.83. The summed E-state index contributed by atoms with van der Waals surface area (Å²) < 4.78 is 4.84. The smallest absolute Gasteiger partial charge is 0.326 e. The minimum Gasteiger partial charge on any atom is -0.468 e. The van der Waals surface area contributed by atoms with E-state index in [1.807, 2.05) is 0 Å². The molecule has 4 nitrogen and oxygen atoms in total. The van der Waals surface area contributed by atoms with E-state index in [4.69, 9.17) is 10.5 Å². The van der Waals surface area contributed by atoms with Gasteiger partial charge in [0, 0.05) is 0 Å². The Morgan fingerprint density at radius 2 is 2.24 bits per heavy atom. The predicted molar refractivity (Wildman–Crippen MR) is 68.7 cm³/mol. The van der Waals surface area contributed by atoms with E-state index >= 15 is 0 Å². The summed E-state index contributed by atoms with van der Waals surface area (Å²) in [7, 11) is 3.55. The normalized spacial score (nSPS) is 28.6. The van der Waals surface area contributed by atoms with Crippen molar-refractivity contribution < 1.29 is 9.53 Å². The Morgan fingerprint density at radius 3 is 2.82 bits per heavy atom. The molecule has 0 aromatic heterocycles. The lowest BCUT2D eigenvalue weighted by Gasteiger charge is -2.29. The Bertz CT molecular complexity index is 258. The van der Waals surface area contributed by atoms with Gasteiger partial charge in [-0.1, -0.05) is 13.3 Å². The van der Waals surface area contributed by atoms with Crippen LogP contribution >= 0.6 is 0 Å². The van der Waals surface area contributed by atoms with Crippen LogP contribution in [0.5, 0.6) is 0 Å². The van der Waals surface area contributed by atoms with E-state index in [0.717, 1.165) is 45.2 Å². The number of ether oxygens (including phenoxy) is 1. The maximum atomic E-state index is 11.8. The Balaban J connectivity index is 2.49. The molecule has 0 bridgehead atoms. The van der Waals surface area contributed by atoms with Gasteiger partial charge in [0.1, 0.15) is 5.54 Å². The molecule has 0 aliphatic heterocycles. The van der Waals surface area contributed by atoms with Gasteiger partial charge in [0.15, 0.2) is 0 Å². The number of carbonyl (C=O) groups excluding carboxylic acids is 1. The van der Waals surface area contributed by atoms with Gasteiger partial charge in [0.2, 0.25) is 0 Å². The van der Waals surface area contributed by atoms with Crippen molar-refractivity contribution in [3.8, 4) is 0 Å². The van der Waals surface area contributed by atoms with Crippen LogP contribution in [0.25, 0.3) is 0 Å². The molecule has 4 heteroatoms. The van der Waals surface area contributed by atoms with Crippen molar-refractivity contribution in [3.05, 3.63) is 0 Å². The average Bonchev–Trinajstić information content (AvgIpc) is 2.68. The molecule has 100 valence electrons. The summed E-state index contributed by atoms with van der Waals surface area (Å²) in [6, 6.07) is 0. The lowest BCUT2D eigenvalue weighted by Crippen LogP contribution is -2.52. The van der Waals surface area contributed by atoms with Gasteiger partial charge in [-0.05, 0) is 51.7 Å². The Hall–Kier alpha value is -0.610. The maximum absolute atomic E-state index is 11.8. The van der Waals surface area contributed by atoms with Crippen LogP contribution < -0.4 is 5.73 Å². The Morgan fingerprint density at radius 1 is 1.53 bits per heavy atom. The fraction of sp³-hybridized carbons (Fsp3) is 0.923. The molecule has 1 aliphatic carbocycles. The van der Waals surface area contributed by atoms with Gasteiger partial charge < -0.3 is 15.4 Å². The van der Waals surface area contributed by atoms with E-state index in [-0.39, 0.29) is 11.9 Å². The van der Waals surface area contributed by atoms with E-state index in [0.29, 0.717) is 0 Å². The predicted octanol–water partition coefficient (Wildman–Crippen LogP) is 1.39. The van der Waals surface area contributed by atoms with Gasteiger partial charge in [0.05, 0.1) is 7.11 Å². The SMILES string of the molecule is CCCN(C)CCC1CCCC1(N)C(=O)OC. The van der Waals surface area contributed by atoms with Crippen molar-refractivity contribution >= 4 is 5.97 Å². The monoisotopic (exact) mass is 242 g/mol. The quantitative estimate of drug-likeness (QED) is 0.715. The van der Waals surface area contributed by atoms with Crippen molar-refractivity contribution in [2.24, 2.45) is 11.7 Å². The van der Waals surface area contributed by atoms with Crippen LogP contribution in [-0.4, -0.2) is 43.7 Å². The lowest BCUT2D eigenvalue weighted by molar-refractivity contribution is -0.148. The van der Waals surface area contributed by atoms with Crippen molar-refractivity contribution in [3.63, 3.8) is 0 Å². The first-order chi connectivity index (χ1) is 8.04. The van der Waals surface area contributed by atoms with Crippen LogP contribution in [0.2, 0.25) is 0 Å². The molecule has 0 aromatic carbocycles. The zero-order valence-corrected chi connectivity index (χ0v) is 11.4. The molecule has 0 heterocycles. The van der Waals surface area contributed by atoms with E-state index in [2.05, 4.69) is 18.9 Å². The second kappa shape index (κ2) is 6.36. The summed E-state index contributed by atoms with van der Waals surface area (Å²) in [6.45, 7) is 4.28. The van der Waals surface area contributed by atoms with Gasteiger partial charge in [-0.3, -0.25) is 4.79 Å². The van der Waals surface area contributed by atoms with E-state index in [9.17, 15) is 4.79 Å². The molecule has 2 atom stereocenters. The van der Waals surface area contributed by atoms with Crippen molar-refractivity contribution in [2.75, 3.05) is 27.2 Å². The van der Waals surface area contributed by atoms with Crippen LogP contribution in [0.3, 0.4) is 0 Å². The van der Waals surface area contributed by atoms with E-state index in [1.54, 1.807) is 0 Å². The highest BCUT2D eigenvalue weighted by Gasteiger charge is 2.46. The van der Waals surface area contributed by atoms with Crippen LogP contribution in [0.15, 0.2) is 0 Å². The van der Waals surface area contributed by atoms with Crippen LogP contribution in [0.4, 0.5) is 0 Å². The minimum atomic E-state index is -0.734. The molecule has 0 aromatic rings. The highest BCUT2D eigenvalue weighted by Crippen LogP contribution is 2.36. The molecule has 0 radical (unpaired) electrons. The van der Waals surface area contributed by atoms with E-state index < -0.39 is 5.54 Å². The molecule has 0 amide bonds. The zero-order chi connectivity index (χ0) is 12.9. The minimum absolute atomic E-state index is 0.238. The third-order valence-corrected chi connectivity index (χ3v) is 3.90. The van der Waals surface area contributed by atoms with Crippen LogP contribution in [0, 0.1) is 5.92 Å². The standard InChI is InChI=1S/C13H26N2O2/c1-4-9-15(2)10-7-11-6-5-8-13(11,14)12(16)17-3/h11H,4-10,14H2,1-3H3. The maximum Gasteiger partial charge on any atom is 0.326 e. The number of nitrogens with two attached hydrogens (primary N) is 1. The Labute approximate surface area is 104 Å². The highest BCUT2D eigenvalue weighted by atomic mass is 16.5. The van der Waals surface area contributed by atoms with Gasteiger partial charge in [-0.25, -0.2) is 0 Å². The number of esters is 1. The van der Waals surface area contributed by atoms with Crippen LogP contribution in [-0.2, 0) is 9.53 Å². The largest absolute Gasteiger partial charge is 0.468 e. The first kappa shape index (κ1) is 14.5. The second-order valence-corrected chi connectivity index (χ2v) is 5.21. The third-order valence-electron chi connectivity index (χ3n) is 3.90.